The van der Waals surface area contributed by atoms with Gasteiger partial charge in [-0.05, 0) is 68.0 Å². The summed E-state index contributed by atoms with van der Waals surface area (Å²) >= 11 is 0. The Morgan fingerprint density at radius 2 is 1.94 bits per heavy atom. The van der Waals surface area contributed by atoms with Crippen molar-refractivity contribution in [3.05, 3.63) is 46.2 Å². The highest BCUT2D eigenvalue weighted by Crippen LogP contribution is 2.67. The Kier molecular flexibility index (Phi) is 5.61. The van der Waals surface area contributed by atoms with Gasteiger partial charge in [-0.3, -0.25) is 4.79 Å². The second-order valence-electron chi connectivity index (χ2n) is 9.57. The Labute approximate surface area is 205 Å². The van der Waals surface area contributed by atoms with Gasteiger partial charge in [0.15, 0.2) is 6.23 Å². The molecule has 2 bridgehead atoms. The topological polar surface area (TPSA) is 133 Å². The number of benzene rings is 1. The molecule has 0 radical (unpaired) electrons. The molecule has 1 aromatic heterocycles. The van der Waals surface area contributed by atoms with E-state index >= 15 is 0 Å². The molecule has 11 heteroatoms. The lowest BCUT2D eigenvalue weighted by atomic mass is 9.40. The molecule has 36 heavy (non-hydrogen) atoms. The van der Waals surface area contributed by atoms with Gasteiger partial charge in [-0.1, -0.05) is 0 Å². The van der Waals surface area contributed by atoms with Gasteiger partial charge in [-0.25, -0.2) is 13.8 Å². The number of rotatable bonds is 8. The molecule has 2 N–H and O–H groups in total. The maximum absolute atomic E-state index is 12.8. The van der Waals surface area contributed by atoms with Crippen molar-refractivity contribution >= 4 is 17.9 Å². The zero-order chi connectivity index (χ0) is 25.7. The molecule has 1 amide bonds. The van der Waals surface area contributed by atoms with Crippen LogP contribution in [0.2, 0.25) is 0 Å². The van der Waals surface area contributed by atoms with E-state index in [1.165, 1.54) is 6.08 Å². The number of alkyl halides is 2. The minimum Gasteiger partial charge on any atom is -0.438 e. The third-order valence-corrected chi connectivity index (χ3v) is 6.72. The molecule has 184 valence electrons. The number of nitriles is 2. The molecule has 0 saturated heterocycles. The van der Waals surface area contributed by atoms with Crippen LogP contribution in [0.4, 0.5) is 14.7 Å². The zero-order valence-electron chi connectivity index (χ0n) is 19.6. The summed E-state index contributed by atoms with van der Waals surface area (Å²) in [4.78, 5) is 21.5. The van der Waals surface area contributed by atoms with Crippen LogP contribution in [0.3, 0.4) is 0 Å². The summed E-state index contributed by atoms with van der Waals surface area (Å²) in [6, 6.07) is 7.94. The number of halogens is 2. The largest absolute Gasteiger partial charge is 0.438 e. The number of anilines is 1. The van der Waals surface area contributed by atoms with Crippen molar-refractivity contribution in [2.24, 2.45) is 5.41 Å². The number of allylic oxidation sites excluding steroid dienone is 1. The van der Waals surface area contributed by atoms with Gasteiger partial charge >= 0.3 is 0 Å². The van der Waals surface area contributed by atoms with Gasteiger partial charge in [0.2, 0.25) is 11.8 Å². The SMILES string of the molecule is Cc1cc(/C=C/C#N)cc(C)c1Oc1nc(NC23CC(C#N)(C2)C3)nc2c1C(OCC(F)F)NC2=O. The molecule has 3 fully saturated rings. The third kappa shape index (κ3) is 4.01. The molecular weight excluding hydrogens is 470 g/mol. The highest BCUT2D eigenvalue weighted by molar-refractivity contribution is 5.98. The number of ether oxygens (including phenoxy) is 2. The van der Waals surface area contributed by atoms with Crippen LogP contribution in [0.25, 0.3) is 6.08 Å². The predicted molar refractivity (Wildman–Crippen MR) is 123 cm³/mol. The van der Waals surface area contributed by atoms with Gasteiger partial charge in [0, 0.05) is 11.6 Å². The highest BCUT2D eigenvalue weighted by atomic mass is 19.3. The summed E-state index contributed by atoms with van der Waals surface area (Å²) in [5.74, 6) is 0.0460. The lowest BCUT2D eigenvalue weighted by Crippen LogP contribution is -2.70. The average Bonchev–Trinajstić information content (AvgIpc) is 3.10. The molecule has 6 rings (SSSR count). The zero-order valence-corrected chi connectivity index (χ0v) is 19.6. The molecule has 1 atom stereocenters. The Hall–Kier alpha value is -4.09. The maximum Gasteiger partial charge on any atom is 0.272 e. The Morgan fingerprint density at radius 1 is 1.25 bits per heavy atom. The van der Waals surface area contributed by atoms with E-state index in [1.807, 2.05) is 32.0 Å². The summed E-state index contributed by atoms with van der Waals surface area (Å²) < 4.78 is 37.1. The number of hydrogen-bond donors (Lipinski definition) is 2. The van der Waals surface area contributed by atoms with Gasteiger partial charge in [-0.15, -0.1) is 0 Å². The normalized spacial score (nSPS) is 25.4. The first-order chi connectivity index (χ1) is 17.2. The summed E-state index contributed by atoms with van der Waals surface area (Å²) in [6.07, 6.45) is 1.10. The standard InChI is InChI=1S/C25H22F2N6O3/c1-13-6-15(4-3-5-28)7-14(2)19(13)36-22-17-18(20(34)31-21(17)35-8-16(26)27)30-23(32-22)33-25-9-24(10-25,11-25)12-29/h3-4,6-7,16,21H,8-11H2,1-2H3,(H,31,34)(H,30,32,33)/b4-3+. The first kappa shape index (κ1) is 23.6. The minimum atomic E-state index is -2.73. The first-order valence-corrected chi connectivity index (χ1v) is 11.3. The van der Waals surface area contributed by atoms with Crippen molar-refractivity contribution in [2.75, 3.05) is 11.9 Å². The van der Waals surface area contributed by atoms with E-state index in [1.54, 1.807) is 6.08 Å². The molecule has 1 unspecified atom stereocenters. The number of carbonyl (C=O) groups excluding carboxylic acids is 1. The molecule has 0 spiro atoms. The minimum absolute atomic E-state index is 0.00762. The fourth-order valence-electron chi connectivity index (χ4n) is 5.29. The van der Waals surface area contributed by atoms with E-state index in [0.717, 1.165) is 16.7 Å². The van der Waals surface area contributed by atoms with Crippen LogP contribution in [0.15, 0.2) is 18.2 Å². The highest BCUT2D eigenvalue weighted by Gasteiger charge is 2.69. The molecule has 2 aromatic rings. The van der Waals surface area contributed by atoms with E-state index in [2.05, 4.69) is 26.7 Å². The lowest BCUT2D eigenvalue weighted by Gasteiger charge is -2.66. The Balaban J connectivity index is 1.51. The molecular formula is C25H22F2N6O3. The second-order valence-corrected chi connectivity index (χ2v) is 9.57. The summed E-state index contributed by atoms with van der Waals surface area (Å²) in [5.41, 5.74) is 1.81. The number of nitrogens with one attached hydrogen (secondary N) is 2. The number of fused-ring (bicyclic) bond motifs is 1. The quantitative estimate of drug-likeness (QED) is 0.521. The first-order valence-electron chi connectivity index (χ1n) is 11.3. The van der Waals surface area contributed by atoms with Crippen LogP contribution >= 0.6 is 0 Å². The van der Waals surface area contributed by atoms with Gasteiger partial charge in [0.05, 0.1) is 23.1 Å². The molecule has 4 aliphatic rings. The van der Waals surface area contributed by atoms with Crippen LogP contribution in [-0.2, 0) is 4.74 Å². The molecule has 2 heterocycles. The van der Waals surface area contributed by atoms with E-state index in [4.69, 9.17) is 14.7 Å². The molecule has 3 aliphatic carbocycles. The number of nitrogens with zero attached hydrogens (tertiary/aromatic N) is 4. The number of carbonyl (C=O) groups is 1. The van der Waals surface area contributed by atoms with Gasteiger partial charge in [-0.2, -0.15) is 15.5 Å². The fraction of sp³-hybridized carbons (Fsp3) is 0.400. The molecule has 3 saturated carbocycles. The van der Waals surface area contributed by atoms with Crippen LogP contribution < -0.4 is 15.4 Å². The lowest BCUT2D eigenvalue weighted by molar-refractivity contribution is -0.0665. The maximum atomic E-state index is 12.8. The number of aryl methyl sites for hydroxylation is 2. The monoisotopic (exact) mass is 492 g/mol. The van der Waals surface area contributed by atoms with Crippen molar-refractivity contribution in [2.45, 2.75) is 51.3 Å². The van der Waals surface area contributed by atoms with Gasteiger partial charge in [0.25, 0.3) is 12.3 Å². The predicted octanol–water partition coefficient (Wildman–Crippen LogP) is 4.30. The number of amides is 1. The van der Waals surface area contributed by atoms with Crippen molar-refractivity contribution < 1.29 is 23.0 Å². The van der Waals surface area contributed by atoms with Crippen molar-refractivity contribution in [3.63, 3.8) is 0 Å². The smallest absolute Gasteiger partial charge is 0.272 e. The van der Waals surface area contributed by atoms with Crippen LogP contribution in [-0.4, -0.2) is 34.4 Å². The molecule has 1 aliphatic heterocycles. The molecule has 9 nitrogen and oxygen atoms in total. The number of hydrogen-bond acceptors (Lipinski definition) is 8. The van der Waals surface area contributed by atoms with Crippen molar-refractivity contribution in [1.29, 1.82) is 10.5 Å². The van der Waals surface area contributed by atoms with Crippen molar-refractivity contribution in [3.8, 4) is 23.8 Å². The van der Waals surface area contributed by atoms with Crippen molar-refractivity contribution in [1.82, 2.24) is 15.3 Å². The summed E-state index contributed by atoms with van der Waals surface area (Å²) in [7, 11) is 0. The average molecular weight is 492 g/mol. The summed E-state index contributed by atoms with van der Waals surface area (Å²) in [5, 5.41) is 23.9. The van der Waals surface area contributed by atoms with E-state index in [0.29, 0.717) is 25.0 Å². The number of aromatic nitrogens is 2. The fourth-order valence-corrected chi connectivity index (χ4v) is 5.29. The Bertz CT molecular complexity index is 1330. The van der Waals surface area contributed by atoms with Gasteiger partial charge < -0.3 is 20.1 Å². The summed E-state index contributed by atoms with van der Waals surface area (Å²) in [6.45, 7) is 2.76. The van der Waals surface area contributed by atoms with E-state index in [-0.39, 0.29) is 34.0 Å². The third-order valence-electron chi connectivity index (χ3n) is 6.72. The van der Waals surface area contributed by atoms with Crippen LogP contribution in [0, 0.1) is 41.9 Å². The second kappa shape index (κ2) is 8.54. The van der Waals surface area contributed by atoms with Crippen LogP contribution in [0.1, 0.15) is 58.2 Å². The molecule has 1 aromatic carbocycles. The Morgan fingerprint density at radius 3 is 2.56 bits per heavy atom. The van der Waals surface area contributed by atoms with Gasteiger partial charge in [0.1, 0.15) is 18.1 Å². The van der Waals surface area contributed by atoms with E-state index in [9.17, 15) is 18.8 Å². The van der Waals surface area contributed by atoms with Crippen LogP contribution in [0.5, 0.6) is 11.6 Å². The van der Waals surface area contributed by atoms with E-state index < -0.39 is 25.2 Å².